The van der Waals surface area contributed by atoms with Crippen molar-refractivity contribution in [3.8, 4) is 11.6 Å². The van der Waals surface area contributed by atoms with Crippen LogP contribution in [0.1, 0.15) is 38.6 Å². The van der Waals surface area contributed by atoms with Gasteiger partial charge in [-0.3, -0.25) is 9.36 Å². The molecule has 9 heteroatoms. The number of furan rings is 1. The summed E-state index contributed by atoms with van der Waals surface area (Å²) < 4.78 is 9.26. The second-order valence-electron chi connectivity index (χ2n) is 8.92. The van der Waals surface area contributed by atoms with E-state index in [4.69, 9.17) is 4.42 Å². The number of fused-ring (bicyclic) bond motifs is 3. The summed E-state index contributed by atoms with van der Waals surface area (Å²) in [6, 6.07) is 11.3. The lowest BCUT2D eigenvalue weighted by molar-refractivity contribution is 0.235. The number of aromatic nitrogens is 6. The highest BCUT2D eigenvalue weighted by molar-refractivity contribution is 7.98. The van der Waals surface area contributed by atoms with Gasteiger partial charge in [0.2, 0.25) is 5.82 Å². The highest BCUT2D eigenvalue weighted by Crippen LogP contribution is 2.53. The molecule has 0 aliphatic heterocycles. The van der Waals surface area contributed by atoms with E-state index >= 15 is 0 Å². The van der Waals surface area contributed by atoms with E-state index in [1.54, 1.807) is 18.4 Å². The predicted octanol–water partition coefficient (Wildman–Crippen LogP) is 4.39. The van der Waals surface area contributed by atoms with Crippen molar-refractivity contribution in [2.24, 2.45) is 17.8 Å². The molecule has 2 saturated carbocycles. The molecule has 1 aromatic carbocycles. The Morgan fingerprint density at radius 3 is 2.81 bits per heavy atom. The molecule has 0 radical (unpaired) electrons. The Bertz CT molecular complexity index is 1310. The summed E-state index contributed by atoms with van der Waals surface area (Å²) in [5, 5.41) is 18.6. The fraction of sp³-hybridized carbons (Fsp3) is 0.435. The van der Waals surface area contributed by atoms with Crippen molar-refractivity contribution >= 4 is 22.7 Å². The molecule has 8 nitrogen and oxygen atoms in total. The zero-order valence-corrected chi connectivity index (χ0v) is 18.6. The monoisotopic (exact) mass is 448 g/mol. The summed E-state index contributed by atoms with van der Waals surface area (Å²) >= 11 is 1.46. The molecule has 3 aromatic heterocycles. The van der Waals surface area contributed by atoms with Crippen molar-refractivity contribution in [1.82, 2.24) is 29.8 Å². The van der Waals surface area contributed by atoms with Gasteiger partial charge in [0.15, 0.2) is 10.9 Å². The number of hydrogen-bond donors (Lipinski definition) is 0. The summed E-state index contributed by atoms with van der Waals surface area (Å²) in [7, 11) is 0. The van der Waals surface area contributed by atoms with Crippen molar-refractivity contribution in [3.63, 3.8) is 0 Å². The van der Waals surface area contributed by atoms with Gasteiger partial charge in [-0.15, -0.1) is 15.3 Å². The molecule has 6 rings (SSSR count). The molecule has 0 N–H and O–H groups in total. The van der Waals surface area contributed by atoms with E-state index in [1.807, 2.05) is 24.3 Å². The van der Waals surface area contributed by atoms with Gasteiger partial charge in [-0.25, -0.2) is 0 Å². The Morgan fingerprint density at radius 2 is 2.03 bits per heavy atom. The van der Waals surface area contributed by atoms with Crippen LogP contribution >= 0.6 is 11.8 Å². The topological polar surface area (TPSA) is 91.6 Å². The van der Waals surface area contributed by atoms with Crippen LogP contribution in [-0.4, -0.2) is 29.8 Å². The second-order valence-corrected chi connectivity index (χ2v) is 9.83. The van der Waals surface area contributed by atoms with Gasteiger partial charge in [0.1, 0.15) is 5.52 Å². The van der Waals surface area contributed by atoms with Crippen LogP contribution in [0.4, 0.5) is 0 Å². The summed E-state index contributed by atoms with van der Waals surface area (Å²) in [6.07, 6.45) is 6.96. The molecular weight excluding hydrogens is 424 g/mol. The largest absolute Gasteiger partial charge is 0.461 e. The Morgan fingerprint density at radius 1 is 1.12 bits per heavy atom. The van der Waals surface area contributed by atoms with Gasteiger partial charge in [0.05, 0.1) is 17.5 Å². The summed E-state index contributed by atoms with van der Waals surface area (Å²) in [4.78, 5) is 12.8. The zero-order valence-electron chi connectivity index (χ0n) is 17.8. The summed E-state index contributed by atoms with van der Waals surface area (Å²) in [5.74, 6) is 4.01. The third-order valence-corrected chi connectivity index (χ3v) is 8.08. The molecule has 32 heavy (non-hydrogen) atoms. The lowest BCUT2D eigenvalue weighted by Gasteiger charge is -2.30. The van der Waals surface area contributed by atoms with E-state index in [0.29, 0.717) is 28.5 Å². The zero-order chi connectivity index (χ0) is 21.7. The van der Waals surface area contributed by atoms with Gasteiger partial charge in [-0.05, 0) is 68.2 Å². The van der Waals surface area contributed by atoms with Crippen LogP contribution in [-0.2, 0) is 5.88 Å². The summed E-state index contributed by atoms with van der Waals surface area (Å²) in [6.45, 7) is 2.27. The van der Waals surface area contributed by atoms with Crippen molar-refractivity contribution in [2.45, 2.75) is 49.7 Å². The predicted molar refractivity (Wildman–Crippen MR) is 121 cm³/mol. The number of nitrogens with zero attached hydrogens (tertiary/aromatic N) is 6. The Hall–Kier alpha value is -2.94. The lowest BCUT2D eigenvalue weighted by atomic mass is 9.84. The fourth-order valence-corrected chi connectivity index (χ4v) is 6.52. The molecule has 164 valence electrons. The number of benzene rings is 1. The Balaban J connectivity index is 1.33. The lowest BCUT2D eigenvalue weighted by Crippen LogP contribution is -2.25. The highest BCUT2D eigenvalue weighted by Gasteiger charge is 2.43. The second kappa shape index (κ2) is 7.88. The molecule has 4 atom stereocenters. The maximum Gasteiger partial charge on any atom is 0.278 e. The maximum absolute atomic E-state index is 12.8. The van der Waals surface area contributed by atoms with Gasteiger partial charge < -0.3 is 4.42 Å². The highest BCUT2D eigenvalue weighted by atomic mass is 32.2. The first-order chi connectivity index (χ1) is 15.7. The van der Waals surface area contributed by atoms with Gasteiger partial charge in [0, 0.05) is 6.04 Å². The van der Waals surface area contributed by atoms with Gasteiger partial charge >= 0.3 is 0 Å². The normalized spacial score (nSPS) is 23.2. The van der Waals surface area contributed by atoms with Crippen molar-refractivity contribution in [2.75, 3.05) is 0 Å². The molecule has 3 heterocycles. The molecule has 0 spiro atoms. The minimum absolute atomic E-state index is 0.151. The first-order valence-electron chi connectivity index (χ1n) is 11.1. The van der Waals surface area contributed by atoms with E-state index in [0.717, 1.165) is 22.8 Å². The Kier molecular flexibility index (Phi) is 4.86. The van der Waals surface area contributed by atoms with Crippen LogP contribution in [0.2, 0.25) is 0 Å². The van der Waals surface area contributed by atoms with Crippen LogP contribution in [0.5, 0.6) is 0 Å². The third kappa shape index (κ3) is 3.26. The van der Waals surface area contributed by atoms with Crippen molar-refractivity contribution in [1.29, 1.82) is 0 Å². The van der Waals surface area contributed by atoms with E-state index in [2.05, 4.69) is 32.0 Å². The van der Waals surface area contributed by atoms with E-state index in [-0.39, 0.29) is 11.6 Å². The average molecular weight is 449 g/mol. The molecule has 2 bridgehead atoms. The quantitative estimate of drug-likeness (QED) is 0.404. The summed E-state index contributed by atoms with van der Waals surface area (Å²) in [5.41, 5.74) is 0.452. The fourth-order valence-electron chi connectivity index (χ4n) is 5.62. The van der Waals surface area contributed by atoms with Gasteiger partial charge in [-0.2, -0.15) is 4.68 Å². The molecule has 0 unspecified atom stereocenters. The van der Waals surface area contributed by atoms with Crippen LogP contribution in [0.15, 0.2) is 57.0 Å². The molecule has 0 amide bonds. The standard InChI is InChI=1S/C23H24N6O2S/c1-14(18-12-15-8-9-16(18)11-15)29-21(20-7-4-10-31-20)25-26-23(29)32-13-28-22(30)17-5-2-3-6-19(17)24-27-28/h2-7,10,14-16,18H,8-9,11-13H2,1H3/t14-,15+,16+,18+/m1/s1. The minimum atomic E-state index is -0.151. The molecule has 2 aliphatic carbocycles. The van der Waals surface area contributed by atoms with Crippen LogP contribution in [0.3, 0.4) is 0 Å². The maximum atomic E-state index is 12.8. The molecule has 4 aromatic rings. The minimum Gasteiger partial charge on any atom is -0.461 e. The molecule has 2 aliphatic rings. The number of hydrogen-bond acceptors (Lipinski definition) is 7. The van der Waals surface area contributed by atoms with E-state index in [1.165, 1.54) is 42.1 Å². The van der Waals surface area contributed by atoms with Gasteiger partial charge in [-0.1, -0.05) is 35.5 Å². The van der Waals surface area contributed by atoms with Crippen LogP contribution in [0.25, 0.3) is 22.5 Å². The number of thioether (sulfide) groups is 1. The molecular formula is C23H24N6O2S. The first-order valence-corrected chi connectivity index (χ1v) is 12.1. The average Bonchev–Trinajstić information content (AvgIpc) is 3.62. The van der Waals surface area contributed by atoms with E-state index < -0.39 is 0 Å². The van der Waals surface area contributed by atoms with Crippen molar-refractivity contribution in [3.05, 3.63) is 53.0 Å². The third-order valence-electron chi connectivity index (χ3n) is 7.17. The SMILES string of the molecule is C[C@H]([C@@H]1C[C@H]2CC[C@H]1C2)n1c(SCn2nnc3ccccc3c2=O)nnc1-c1ccco1. The molecule has 0 saturated heterocycles. The van der Waals surface area contributed by atoms with Crippen LogP contribution in [0, 0.1) is 17.8 Å². The van der Waals surface area contributed by atoms with Crippen molar-refractivity contribution < 1.29 is 4.42 Å². The molecule has 2 fully saturated rings. The smallest absolute Gasteiger partial charge is 0.278 e. The van der Waals surface area contributed by atoms with Gasteiger partial charge in [0.25, 0.3) is 5.56 Å². The Labute approximate surface area is 189 Å². The first kappa shape index (κ1) is 19.7. The number of rotatable bonds is 6. The van der Waals surface area contributed by atoms with Crippen LogP contribution < -0.4 is 5.56 Å². The van der Waals surface area contributed by atoms with E-state index in [9.17, 15) is 4.79 Å².